The van der Waals surface area contributed by atoms with Crippen LogP contribution in [0.25, 0.3) is 0 Å². The van der Waals surface area contributed by atoms with E-state index in [1.165, 1.54) is 6.26 Å². The first-order chi connectivity index (χ1) is 11.6. The van der Waals surface area contributed by atoms with Crippen molar-refractivity contribution < 1.29 is 13.9 Å². The number of hydrogen-bond acceptors (Lipinski definition) is 3. The van der Waals surface area contributed by atoms with Crippen molar-refractivity contribution in [2.45, 2.75) is 6.61 Å². The summed E-state index contributed by atoms with van der Waals surface area (Å²) >= 11 is 11.8. The number of furan rings is 1. The van der Waals surface area contributed by atoms with Gasteiger partial charge in [0.25, 0.3) is 5.91 Å². The van der Waals surface area contributed by atoms with Crippen LogP contribution in [0.3, 0.4) is 0 Å². The molecule has 4 nitrogen and oxygen atoms in total. The molecule has 0 saturated heterocycles. The van der Waals surface area contributed by atoms with Crippen LogP contribution in [0.5, 0.6) is 5.75 Å². The maximum Gasteiger partial charge on any atom is 0.291 e. The van der Waals surface area contributed by atoms with E-state index < -0.39 is 0 Å². The van der Waals surface area contributed by atoms with Crippen LogP contribution in [0.4, 0.5) is 5.69 Å². The number of anilines is 1. The normalized spacial score (nSPS) is 10.4. The lowest BCUT2D eigenvalue weighted by Gasteiger charge is -2.08. The van der Waals surface area contributed by atoms with E-state index in [2.05, 4.69) is 5.32 Å². The molecular weight excluding hydrogens is 349 g/mol. The van der Waals surface area contributed by atoms with Crippen molar-refractivity contribution in [1.82, 2.24) is 0 Å². The van der Waals surface area contributed by atoms with Crippen LogP contribution >= 0.6 is 23.2 Å². The van der Waals surface area contributed by atoms with Gasteiger partial charge in [-0.3, -0.25) is 4.79 Å². The van der Waals surface area contributed by atoms with Gasteiger partial charge in [0.15, 0.2) is 5.76 Å². The highest BCUT2D eigenvalue weighted by atomic mass is 35.5. The van der Waals surface area contributed by atoms with Crippen LogP contribution in [0.2, 0.25) is 10.0 Å². The molecule has 0 unspecified atom stereocenters. The number of ether oxygens (including phenoxy) is 1. The van der Waals surface area contributed by atoms with Gasteiger partial charge in [-0.1, -0.05) is 41.4 Å². The molecular formula is C18H13Cl2NO3. The fourth-order valence-electron chi connectivity index (χ4n) is 2.09. The predicted molar refractivity (Wildman–Crippen MR) is 93.9 cm³/mol. The predicted octanol–water partition coefficient (Wildman–Crippen LogP) is 5.42. The van der Waals surface area contributed by atoms with Gasteiger partial charge < -0.3 is 14.5 Å². The van der Waals surface area contributed by atoms with Gasteiger partial charge in [-0.2, -0.15) is 0 Å². The van der Waals surface area contributed by atoms with Crippen molar-refractivity contribution in [2.75, 3.05) is 5.32 Å². The largest absolute Gasteiger partial charge is 0.489 e. The molecule has 122 valence electrons. The van der Waals surface area contributed by atoms with Crippen LogP contribution in [-0.2, 0) is 6.61 Å². The van der Waals surface area contributed by atoms with E-state index in [-0.39, 0.29) is 18.3 Å². The average Bonchev–Trinajstić information content (AvgIpc) is 3.06. The van der Waals surface area contributed by atoms with Gasteiger partial charge >= 0.3 is 0 Å². The minimum absolute atomic E-state index is 0.192. The summed E-state index contributed by atoms with van der Waals surface area (Å²) in [6.07, 6.45) is 1.45. The third kappa shape index (κ3) is 3.91. The Morgan fingerprint density at radius 2 is 1.83 bits per heavy atom. The molecule has 3 rings (SSSR count). The van der Waals surface area contributed by atoms with Crippen molar-refractivity contribution in [3.8, 4) is 5.75 Å². The molecule has 0 fully saturated rings. The second-order valence-corrected chi connectivity index (χ2v) is 5.77. The number of para-hydroxylation sites is 1. The Bertz CT molecular complexity index is 846. The first-order valence-corrected chi connectivity index (χ1v) is 7.89. The number of carbonyl (C=O) groups is 1. The molecule has 2 aromatic carbocycles. The summed E-state index contributed by atoms with van der Waals surface area (Å²) in [5, 5.41) is 3.50. The third-order valence-electron chi connectivity index (χ3n) is 3.27. The highest BCUT2D eigenvalue weighted by Gasteiger charge is 2.16. The second kappa shape index (κ2) is 7.43. The highest BCUT2D eigenvalue weighted by Crippen LogP contribution is 2.25. The molecule has 0 saturated carbocycles. The first-order valence-electron chi connectivity index (χ1n) is 7.14. The third-order valence-corrected chi connectivity index (χ3v) is 4.01. The zero-order chi connectivity index (χ0) is 16.9. The number of carbonyl (C=O) groups excluding carboxylic acids is 1. The Hall–Kier alpha value is -2.43. The summed E-state index contributed by atoms with van der Waals surface area (Å²) in [6.45, 7) is 0.227. The first kappa shape index (κ1) is 16.4. The standard InChI is InChI=1S/C18H13Cl2NO3/c19-15-7-6-13(10-16(15)20)21-18(22)17-12(8-9-23-17)11-24-14-4-2-1-3-5-14/h1-10H,11H2,(H,21,22). The SMILES string of the molecule is O=C(Nc1ccc(Cl)c(Cl)c1)c1occc1COc1ccccc1. The molecule has 0 aliphatic rings. The summed E-state index contributed by atoms with van der Waals surface area (Å²) < 4.78 is 10.9. The van der Waals surface area contributed by atoms with E-state index in [0.29, 0.717) is 21.3 Å². The molecule has 24 heavy (non-hydrogen) atoms. The number of halogens is 2. The van der Waals surface area contributed by atoms with E-state index in [9.17, 15) is 4.79 Å². The molecule has 1 heterocycles. The lowest BCUT2D eigenvalue weighted by atomic mass is 10.2. The molecule has 0 spiro atoms. The highest BCUT2D eigenvalue weighted by molar-refractivity contribution is 6.42. The molecule has 0 radical (unpaired) electrons. The maximum absolute atomic E-state index is 12.4. The van der Waals surface area contributed by atoms with Gasteiger partial charge in [0.2, 0.25) is 0 Å². The number of benzene rings is 2. The Labute approximate surface area is 149 Å². The molecule has 0 bridgehead atoms. The van der Waals surface area contributed by atoms with Crippen LogP contribution in [-0.4, -0.2) is 5.91 Å². The Kier molecular flexibility index (Phi) is 5.08. The van der Waals surface area contributed by atoms with E-state index >= 15 is 0 Å². The smallest absolute Gasteiger partial charge is 0.291 e. The molecule has 0 aliphatic heterocycles. The van der Waals surface area contributed by atoms with Crippen molar-refractivity contribution in [1.29, 1.82) is 0 Å². The summed E-state index contributed by atoms with van der Waals surface area (Å²) in [7, 11) is 0. The fraction of sp³-hybridized carbons (Fsp3) is 0.0556. The Morgan fingerprint density at radius 1 is 1.04 bits per heavy atom. The van der Waals surface area contributed by atoms with Gasteiger partial charge in [-0.25, -0.2) is 0 Å². The van der Waals surface area contributed by atoms with E-state index in [1.807, 2.05) is 30.3 Å². The van der Waals surface area contributed by atoms with Crippen molar-refractivity contribution >= 4 is 34.8 Å². The van der Waals surface area contributed by atoms with Crippen LogP contribution in [0.15, 0.2) is 65.3 Å². The Balaban J connectivity index is 1.69. The van der Waals surface area contributed by atoms with Gasteiger partial charge in [0.1, 0.15) is 12.4 Å². The molecule has 1 amide bonds. The lowest BCUT2D eigenvalue weighted by Crippen LogP contribution is -2.13. The average molecular weight is 362 g/mol. The van der Waals surface area contributed by atoms with E-state index in [0.717, 1.165) is 5.75 Å². The summed E-state index contributed by atoms with van der Waals surface area (Å²) in [4.78, 5) is 12.4. The van der Waals surface area contributed by atoms with E-state index in [1.54, 1.807) is 24.3 Å². The quantitative estimate of drug-likeness (QED) is 0.660. The number of rotatable bonds is 5. The van der Waals surface area contributed by atoms with Crippen LogP contribution in [0.1, 0.15) is 16.1 Å². The maximum atomic E-state index is 12.4. The van der Waals surface area contributed by atoms with Gasteiger partial charge in [-0.05, 0) is 36.4 Å². The monoisotopic (exact) mass is 361 g/mol. The number of amides is 1. The fourth-order valence-corrected chi connectivity index (χ4v) is 2.39. The molecule has 1 aromatic heterocycles. The molecule has 3 aromatic rings. The molecule has 0 atom stereocenters. The topological polar surface area (TPSA) is 51.5 Å². The zero-order valence-electron chi connectivity index (χ0n) is 12.5. The van der Waals surface area contributed by atoms with Crippen LogP contribution < -0.4 is 10.1 Å². The van der Waals surface area contributed by atoms with Gasteiger partial charge in [0.05, 0.1) is 16.3 Å². The summed E-state index contributed by atoms with van der Waals surface area (Å²) in [5.74, 6) is 0.525. The minimum Gasteiger partial charge on any atom is -0.489 e. The van der Waals surface area contributed by atoms with Gasteiger partial charge in [-0.15, -0.1) is 0 Å². The second-order valence-electron chi connectivity index (χ2n) is 4.96. The molecule has 0 aliphatic carbocycles. The van der Waals surface area contributed by atoms with Crippen LogP contribution in [0, 0.1) is 0 Å². The van der Waals surface area contributed by atoms with Gasteiger partial charge in [0, 0.05) is 11.3 Å². The van der Waals surface area contributed by atoms with Crippen molar-refractivity contribution in [3.63, 3.8) is 0 Å². The van der Waals surface area contributed by atoms with E-state index in [4.69, 9.17) is 32.4 Å². The number of hydrogen-bond donors (Lipinski definition) is 1. The number of nitrogens with one attached hydrogen (secondary N) is 1. The molecule has 1 N–H and O–H groups in total. The minimum atomic E-state index is -0.384. The molecule has 6 heteroatoms. The summed E-state index contributed by atoms with van der Waals surface area (Å²) in [5.41, 5.74) is 1.18. The lowest BCUT2D eigenvalue weighted by molar-refractivity contribution is 0.0993. The Morgan fingerprint density at radius 3 is 2.58 bits per heavy atom. The van der Waals surface area contributed by atoms with Crippen molar-refractivity contribution in [2.24, 2.45) is 0 Å². The van der Waals surface area contributed by atoms with Crippen molar-refractivity contribution in [3.05, 3.63) is 82.2 Å². The zero-order valence-corrected chi connectivity index (χ0v) is 14.0. The summed E-state index contributed by atoms with van der Waals surface area (Å²) in [6, 6.07) is 15.9.